The van der Waals surface area contributed by atoms with E-state index in [-0.39, 0.29) is 6.10 Å². The highest BCUT2D eigenvalue weighted by molar-refractivity contribution is 8.13. The molecule has 0 unspecified atom stereocenters. The van der Waals surface area contributed by atoms with Gasteiger partial charge in [-0.3, -0.25) is 0 Å². The number of carbonyl (C=O) groups is 1. The molecule has 0 heterocycles. The van der Waals surface area contributed by atoms with Gasteiger partial charge in [0.2, 0.25) is 0 Å². The van der Waals surface area contributed by atoms with Gasteiger partial charge in [0.05, 0.1) is 7.11 Å². The minimum atomic E-state index is -0.602. The molecule has 0 aliphatic heterocycles. The predicted molar refractivity (Wildman–Crippen MR) is 61.3 cm³/mol. The molecule has 1 saturated carbocycles. The summed E-state index contributed by atoms with van der Waals surface area (Å²) in [5.41, 5.74) is 0. The van der Waals surface area contributed by atoms with Crippen LogP contribution in [0.25, 0.3) is 0 Å². The van der Waals surface area contributed by atoms with E-state index in [1.54, 1.807) is 0 Å². The van der Waals surface area contributed by atoms with Crippen molar-refractivity contribution in [3.05, 3.63) is 0 Å². The van der Waals surface area contributed by atoms with Gasteiger partial charge >= 0.3 is 6.09 Å². The van der Waals surface area contributed by atoms with Crippen LogP contribution in [0.4, 0.5) is 4.79 Å². The van der Waals surface area contributed by atoms with Gasteiger partial charge in [0.15, 0.2) is 0 Å². The maximum Gasteiger partial charge on any atom is 0.437 e. The molecule has 1 amide bonds. The van der Waals surface area contributed by atoms with Gasteiger partial charge in [0.1, 0.15) is 6.10 Å². The Morgan fingerprint density at radius 1 is 1.33 bits per heavy atom. The lowest BCUT2D eigenvalue weighted by atomic mass is 9.98. The minimum absolute atomic E-state index is 0.217. The maximum atomic E-state index is 10.9. The van der Waals surface area contributed by atoms with Gasteiger partial charge in [-0.2, -0.15) is 0 Å². The number of methoxy groups -OCH3 is 1. The Kier molecular flexibility index (Phi) is 5.53. The molecular formula is C10H17NO3S. The molecule has 1 aliphatic rings. The minimum Gasteiger partial charge on any atom is -0.469 e. The van der Waals surface area contributed by atoms with E-state index in [1.165, 1.54) is 38.1 Å². The molecule has 0 aromatic heterocycles. The lowest BCUT2D eigenvalue weighted by Crippen LogP contribution is -2.20. The number of ether oxygens (including phenoxy) is 2. The van der Waals surface area contributed by atoms with Crippen LogP contribution >= 0.6 is 11.8 Å². The number of thioether (sulfide) groups is 1. The maximum absolute atomic E-state index is 10.9. The summed E-state index contributed by atoms with van der Waals surface area (Å²) in [5, 5.41) is 0.411. The Labute approximate surface area is 94.4 Å². The highest BCUT2D eigenvalue weighted by Crippen LogP contribution is 2.22. The molecule has 15 heavy (non-hydrogen) atoms. The highest BCUT2D eigenvalue weighted by atomic mass is 32.2. The van der Waals surface area contributed by atoms with Crippen LogP contribution in [0, 0.1) is 0 Å². The van der Waals surface area contributed by atoms with Crippen LogP contribution in [-0.2, 0) is 9.47 Å². The molecule has 5 heteroatoms. The molecule has 86 valence electrons. The zero-order chi connectivity index (χ0) is 11.1. The fourth-order valence-electron chi connectivity index (χ4n) is 1.57. The first-order valence-corrected chi connectivity index (χ1v) is 6.36. The van der Waals surface area contributed by atoms with Crippen molar-refractivity contribution in [1.29, 1.82) is 0 Å². The van der Waals surface area contributed by atoms with Crippen molar-refractivity contribution in [2.24, 2.45) is 4.99 Å². The average Bonchev–Trinajstić information content (AvgIpc) is 2.29. The van der Waals surface area contributed by atoms with E-state index < -0.39 is 6.09 Å². The van der Waals surface area contributed by atoms with Gasteiger partial charge in [-0.1, -0.05) is 18.2 Å². The molecule has 0 atom stereocenters. The van der Waals surface area contributed by atoms with Crippen LogP contribution in [0.5, 0.6) is 0 Å². The van der Waals surface area contributed by atoms with Crippen molar-refractivity contribution in [2.75, 3.05) is 13.4 Å². The molecule has 0 radical (unpaired) electrons. The molecule has 0 N–H and O–H groups in total. The van der Waals surface area contributed by atoms with Crippen molar-refractivity contribution < 1.29 is 14.3 Å². The zero-order valence-corrected chi connectivity index (χ0v) is 10.0. The fourth-order valence-corrected chi connectivity index (χ4v) is 1.96. The molecule has 1 rings (SSSR count). The van der Waals surface area contributed by atoms with Gasteiger partial charge in [0, 0.05) is 0 Å². The molecule has 4 nitrogen and oxygen atoms in total. The summed E-state index contributed by atoms with van der Waals surface area (Å²) in [6.07, 6.45) is 7.24. The zero-order valence-electron chi connectivity index (χ0n) is 9.19. The average molecular weight is 231 g/mol. The third-order valence-electron chi connectivity index (χ3n) is 2.35. The van der Waals surface area contributed by atoms with Gasteiger partial charge in [-0.25, -0.2) is 4.79 Å². The second-order valence-corrected chi connectivity index (χ2v) is 4.19. The van der Waals surface area contributed by atoms with Gasteiger partial charge in [-0.05, 0) is 31.9 Å². The normalized spacial score (nSPS) is 18.7. The van der Waals surface area contributed by atoms with Crippen molar-refractivity contribution in [3.8, 4) is 0 Å². The quantitative estimate of drug-likeness (QED) is 0.514. The van der Waals surface area contributed by atoms with Crippen LogP contribution in [0.3, 0.4) is 0 Å². The van der Waals surface area contributed by atoms with Crippen LogP contribution < -0.4 is 0 Å². The van der Waals surface area contributed by atoms with E-state index in [1.807, 2.05) is 6.26 Å². The molecule has 0 saturated heterocycles. The number of amides is 1. The first kappa shape index (κ1) is 12.4. The Balaban J connectivity index is 2.44. The first-order valence-electron chi connectivity index (χ1n) is 5.13. The number of nitrogens with zero attached hydrogens (tertiary/aromatic N) is 1. The van der Waals surface area contributed by atoms with Crippen molar-refractivity contribution in [1.82, 2.24) is 0 Å². The summed E-state index contributed by atoms with van der Waals surface area (Å²) < 4.78 is 10.1. The van der Waals surface area contributed by atoms with Gasteiger partial charge in [-0.15, -0.1) is 4.99 Å². The fraction of sp³-hybridized carbons (Fsp3) is 0.800. The monoisotopic (exact) mass is 231 g/mol. The molecule has 1 fully saturated rings. The smallest absolute Gasteiger partial charge is 0.437 e. The van der Waals surface area contributed by atoms with Gasteiger partial charge in [0.25, 0.3) is 5.23 Å². The third kappa shape index (κ3) is 4.55. The summed E-state index contributed by atoms with van der Waals surface area (Å²) in [6, 6.07) is 0. The number of aliphatic imine (C=N–C) groups is 1. The lowest BCUT2D eigenvalue weighted by molar-refractivity contribution is 0.146. The summed E-state index contributed by atoms with van der Waals surface area (Å²) in [7, 11) is 1.31. The first-order chi connectivity index (χ1) is 7.26. The van der Waals surface area contributed by atoms with Crippen molar-refractivity contribution in [3.63, 3.8) is 0 Å². The van der Waals surface area contributed by atoms with E-state index in [0.29, 0.717) is 5.23 Å². The van der Waals surface area contributed by atoms with E-state index >= 15 is 0 Å². The molecule has 0 bridgehead atoms. The molecule has 0 aromatic rings. The topological polar surface area (TPSA) is 47.9 Å². The van der Waals surface area contributed by atoms with Crippen LogP contribution in [0.15, 0.2) is 4.99 Å². The number of hydrogen-bond donors (Lipinski definition) is 0. The number of carbonyl (C=O) groups excluding carboxylic acids is 1. The van der Waals surface area contributed by atoms with E-state index in [4.69, 9.17) is 4.74 Å². The van der Waals surface area contributed by atoms with Crippen LogP contribution in [0.2, 0.25) is 0 Å². The van der Waals surface area contributed by atoms with Crippen LogP contribution in [0.1, 0.15) is 32.1 Å². The molecule has 1 aliphatic carbocycles. The third-order valence-corrected chi connectivity index (χ3v) is 2.89. The highest BCUT2D eigenvalue weighted by Gasteiger charge is 2.17. The Morgan fingerprint density at radius 2 is 2.00 bits per heavy atom. The summed E-state index contributed by atoms with van der Waals surface area (Å²) >= 11 is 1.33. The second-order valence-electron chi connectivity index (χ2n) is 3.43. The van der Waals surface area contributed by atoms with Gasteiger partial charge < -0.3 is 9.47 Å². The Hall–Kier alpha value is -0.710. The van der Waals surface area contributed by atoms with E-state index in [0.717, 1.165) is 12.8 Å². The Morgan fingerprint density at radius 3 is 2.53 bits per heavy atom. The lowest BCUT2D eigenvalue weighted by Gasteiger charge is -2.22. The summed E-state index contributed by atoms with van der Waals surface area (Å²) in [4.78, 5) is 14.6. The van der Waals surface area contributed by atoms with Crippen molar-refractivity contribution >= 4 is 23.1 Å². The number of rotatable bonds is 1. The predicted octanol–water partition coefficient (Wildman–Crippen LogP) is 2.82. The van der Waals surface area contributed by atoms with E-state index in [9.17, 15) is 4.79 Å². The Bertz CT molecular complexity index is 237. The largest absolute Gasteiger partial charge is 0.469 e. The molecule has 0 spiro atoms. The summed E-state index contributed by atoms with van der Waals surface area (Å²) in [5.74, 6) is 0. The second kappa shape index (κ2) is 6.71. The molecule has 0 aromatic carbocycles. The van der Waals surface area contributed by atoms with E-state index in [2.05, 4.69) is 9.73 Å². The van der Waals surface area contributed by atoms with Crippen molar-refractivity contribution in [2.45, 2.75) is 38.2 Å². The standard InChI is InChI=1S/C10H17NO3S/c1-13-9(12)11-10(15-2)14-8-6-4-3-5-7-8/h8H,3-7H2,1-2H3. The molecular weight excluding hydrogens is 214 g/mol. The number of hydrogen-bond acceptors (Lipinski definition) is 4. The van der Waals surface area contributed by atoms with Crippen LogP contribution in [-0.4, -0.2) is 30.8 Å². The summed E-state index contributed by atoms with van der Waals surface area (Å²) in [6.45, 7) is 0. The SMILES string of the molecule is COC(=O)N=C(OC1CCCCC1)SC.